The van der Waals surface area contributed by atoms with Gasteiger partial charge in [0.15, 0.2) is 0 Å². The summed E-state index contributed by atoms with van der Waals surface area (Å²) in [6.45, 7) is 8.37. The van der Waals surface area contributed by atoms with E-state index in [1.165, 1.54) is 19.3 Å². The van der Waals surface area contributed by atoms with Gasteiger partial charge in [0, 0.05) is 26.8 Å². The first-order chi connectivity index (χ1) is 8.16. The molecule has 0 amide bonds. The molecule has 1 aliphatic carbocycles. The summed E-state index contributed by atoms with van der Waals surface area (Å²) in [6.07, 6.45) is 6.25. The topological polar surface area (TPSA) is 47.3 Å². The molecular formula is C14H30N2O. The zero-order chi connectivity index (χ0) is 12.8. The van der Waals surface area contributed by atoms with Crippen LogP contribution < -0.4 is 11.1 Å². The van der Waals surface area contributed by atoms with E-state index in [1.54, 1.807) is 7.11 Å². The number of hydrogen-bond donors (Lipinski definition) is 2. The summed E-state index contributed by atoms with van der Waals surface area (Å²) < 4.78 is 5.18. The first kappa shape index (κ1) is 14.9. The molecular weight excluding hydrogens is 212 g/mol. The van der Waals surface area contributed by atoms with Crippen LogP contribution >= 0.6 is 0 Å². The lowest BCUT2D eigenvalue weighted by atomic mass is 9.82. The lowest BCUT2D eigenvalue weighted by Gasteiger charge is -2.31. The van der Waals surface area contributed by atoms with Crippen molar-refractivity contribution in [3.8, 4) is 0 Å². The SMILES string of the molecule is CCC(CC)(CN)CNCC1(CCOC)CC1. The molecule has 1 saturated carbocycles. The molecule has 0 bridgehead atoms. The molecule has 0 heterocycles. The van der Waals surface area contributed by atoms with E-state index in [1.807, 2.05) is 0 Å². The number of hydrogen-bond acceptors (Lipinski definition) is 3. The molecule has 0 unspecified atom stereocenters. The van der Waals surface area contributed by atoms with Gasteiger partial charge in [0.1, 0.15) is 0 Å². The molecule has 3 heteroatoms. The molecule has 0 radical (unpaired) electrons. The number of ether oxygens (including phenoxy) is 1. The van der Waals surface area contributed by atoms with Crippen LogP contribution in [0, 0.1) is 10.8 Å². The third-order valence-electron chi connectivity index (χ3n) is 4.73. The van der Waals surface area contributed by atoms with E-state index in [9.17, 15) is 0 Å². The van der Waals surface area contributed by atoms with Crippen molar-refractivity contribution in [1.82, 2.24) is 5.32 Å². The number of methoxy groups -OCH3 is 1. The third-order valence-corrected chi connectivity index (χ3v) is 4.73. The van der Waals surface area contributed by atoms with E-state index in [4.69, 9.17) is 10.5 Å². The summed E-state index contributed by atoms with van der Waals surface area (Å²) in [5.74, 6) is 0. The summed E-state index contributed by atoms with van der Waals surface area (Å²) >= 11 is 0. The predicted octanol–water partition coefficient (Wildman–Crippen LogP) is 2.16. The standard InChI is InChI=1S/C14H30N2O/c1-4-13(5-2,10-15)11-16-12-14(6-7-14)8-9-17-3/h16H,4-12,15H2,1-3H3. The Hall–Kier alpha value is -0.120. The smallest absolute Gasteiger partial charge is 0.0468 e. The third kappa shape index (κ3) is 4.23. The normalized spacial score (nSPS) is 18.4. The Kier molecular flexibility index (Phi) is 5.90. The van der Waals surface area contributed by atoms with E-state index in [0.717, 1.165) is 39.1 Å². The Bertz CT molecular complexity index is 202. The fraction of sp³-hybridized carbons (Fsp3) is 1.00. The van der Waals surface area contributed by atoms with Crippen LogP contribution in [0.5, 0.6) is 0 Å². The van der Waals surface area contributed by atoms with Crippen molar-refractivity contribution in [2.24, 2.45) is 16.6 Å². The second kappa shape index (κ2) is 6.72. The Balaban J connectivity index is 2.26. The zero-order valence-corrected chi connectivity index (χ0v) is 11.8. The maximum Gasteiger partial charge on any atom is 0.0468 e. The molecule has 1 rings (SSSR count). The maximum atomic E-state index is 5.91. The van der Waals surface area contributed by atoms with Gasteiger partial charge in [-0.2, -0.15) is 0 Å². The van der Waals surface area contributed by atoms with Crippen molar-refractivity contribution < 1.29 is 4.74 Å². The highest BCUT2D eigenvalue weighted by atomic mass is 16.5. The van der Waals surface area contributed by atoms with Crippen molar-refractivity contribution in [3.05, 3.63) is 0 Å². The predicted molar refractivity (Wildman–Crippen MR) is 73.1 cm³/mol. The summed E-state index contributed by atoms with van der Waals surface area (Å²) in [5, 5.41) is 3.66. The first-order valence-corrected chi connectivity index (χ1v) is 7.05. The average Bonchev–Trinajstić information content (AvgIpc) is 3.13. The maximum absolute atomic E-state index is 5.91. The minimum Gasteiger partial charge on any atom is -0.385 e. The van der Waals surface area contributed by atoms with Crippen molar-refractivity contribution in [2.75, 3.05) is 33.4 Å². The van der Waals surface area contributed by atoms with E-state index in [0.29, 0.717) is 10.8 Å². The quantitative estimate of drug-likeness (QED) is 0.617. The Morgan fingerprint density at radius 1 is 1.29 bits per heavy atom. The lowest BCUT2D eigenvalue weighted by molar-refractivity contribution is 0.168. The largest absolute Gasteiger partial charge is 0.385 e. The summed E-state index contributed by atoms with van der Waals surface area (Å²) in [5.41, 5.74) is 6.76. The Morgan fingerprint density at radius 2 is 1.94 bits per heavy atom. The van der Waals surface area contributed by atoms with Crippen molar-refractivity contribution in [3.63, 3.8) is 0 Å². The fourth-order valence-electron chi connectivity index (χ4n) is 2.46. The van der Waals surface area contributed by atoms with Crippen LogP contribution in [0.1, 0.15) is 46.0 Å². The van der Waals surface area contributed by atoms with E-state index < -0.39 is 0 Å². The first-order valence-electron chi connectivity index (χ1n) is 7.05. The number of rotatable bonds is 10. The van der Waals surface area contributed by atoms with Gasteiger partial charge in [0.25, 0.3) is 0 Å². The minimum absolute atomic E-state index is 0.303. The van der Waals surface area contributed by atoms with Gasteiger partial charge >= 0.3 is 0 Å². The molecule has 0 aliphatic heterocycles. The molecule has 0 spiro atoms. The molecule has 3 N–H and O–H groups in total. The minimum atomic E-state index is 0.303. The van der Waals surface area contributed by atoms with Gasteiger partial charge in [-0.05, 0) is 49.5 Å². The summed E-state index contributed by atoms with van der Waals surface area (Å²) in [7, 11) is 1.79. The molecule has 0 saturated heterocycles. The summed E-state index contributed by atoms with van der Waals surface area (Å²) in [4.78, 5) is 0. The van der Waals surface area contributed by atoms with Crippen molar-refractivity contribution >= 4 is 0 Å². The van der Waals surface area contributed by atoms with Crippen LogP contribution in [0.25, 0.3) is 0 Å². The van der Waals surface area contributed by atoms with Crippen LogP contribution in [-0.4, -0.2) is 33.4 Å². The highest BCUT2D eigenvalue weighted by Crippen LogP contribution is 2.48. The van der Waals surface area contributed by atoms with E-state index in [-0.39, 0.29) is 0 Å². The Morgan fingerprint density at radius 3 is 2.35 bits per heavy atom. The monoisotopic (exact) mass is 242 g/mol. The highest BCUT2D eigenvalue weighted by Gasteiger charge is 2.41. The average molecular weight is 242 g/mol. The van der Waals surface area contributed by atoms with Gasteiger partial charge in [-0.25, -0.2) is 0 Å². The second-order valence-electron chi connectivity index (χ2n) is 5.76. The molecule has 1 fully saturated rings. The van der Waals surface area contributed by atoms with Crippen LogP contribution in [0.3, 0.4) is 0 Å². The van der Waals surface area contributed by atoms with Gasteiger partial charge < -0.3 is 15.8 Å². The lowest BCUT2D eigenvalue weighted by Crippen LogP contribution is -2.41. The molecule has 0 atom stereocenters. The fourth-order valence-corrected chi connectivity index (χ4v) is 2.46. The van der Waals surface area contributed by atoms with E-state index >= 15 is 0 Å². The molecule has 102 valence electrons. The van der Waals surface area contributed by atoms with Crippen molar-refractivity contribution in [1.29, 1.82) is 0 Å². The zero-order valence-electron chi connectivity index (χ0n) is 11.8. The molecule has 0 aromatic carbocycles. The van der Waals surface area contributed by atoms with Gasteiger partial charge in [-0.3, -0.25) is 0 Å². The van der Waals surface area contributed by atoms with Crippen LogP contribution in [-0.2, 0) is 4.74 Å². The molecule has 3 nitrogen and oxygen atoms in total. The molecule has 17 heavy (non-hydrogen) atoms. The number of nitrogens with two attached hydrogens (primary N) is 1. The van der Waals surface area contributed by atoms with Crippen LogP contribution in [0.2, 0.25) is 0 Å². The molecule has 1 aliphatic rings. The van der Waals surface area contributed by atoms with Gasteiger partial charge in [0.05, 0.1) is 0 Å². The van der Waals surface area contributed by atoms with Gasteiger partial charge in [-0.1, -0.05) is 13.8 Å². The van der Waals surface area contributed by atoms with E-state index in [2.05, 4.69) is 19.2 Å². The number of nitrogens with one attached hydrogen (secondary N) is 1. The van der Waals surface area contributed by atoms with Gasteiger partial charge in [-0.15, -0.1) is 0 Å². The molecule has 0 aromatic heterocycles. The van der Waals surface area contributed by atoms with Crippen molar-refractivity contribution in [2.45, 2.75) is 46.0 Å². The van der Waals surface area contributed by atoms with Crippen LogP contribution in [0.15, 0.2) is 0 Å². The Labute approximate surface area is 106 Å². The second-order valence-corrected chi connectivity index (χ2v) is 5.76. The van der Waals surface area contributed by atoms with Gasteiger partial charge in [0.2, 0.25) is 0 Å². The molecule has 0 aromatic rings. The summed E-state index contributed by atoms with van der Waals surface area (Å²) in [6, 6.07) is 0. The van der Waals surface area contributed by atoms with Crippen LogP contribution in [0.4, 0.5) is 0 Å². The highest BCUT2D eigenvalue weighted by molar-refractivity contribution is 4.95.